The molecule has 20 heavy (non-hydrogen) atoms. The van der Waals surface area contributed by atoms with Crippen LogP contribution in [0.25, 0.3) is 0 Å². The number of amides is 1. The van der Waals surface area contributed by atoms with Gasteiger partial charge in [-0.2, -0.15) is 13.2 Å². The van der Waals surface area contributed by atoms with E-state index in [-0.39, 0.29) is 12.1 Å². The highest BCUT2D eigenvalue weighted by Crippen LogP contribution is 2.34. The number of hydrogen-bond acceptors (Lipinski definition) is 2. The first-order chi connectivity index (χ1) is 9.47. The standard InChI is InChI=1S/C14H11F3N2O/c15-14(16,17)11-6-1-2-7-12(11)19-13(20)9-10-5-3-4-8-18-10/h1-8H,9H2,(H,19,20). The van der Waals surface area contributed by atoms with Gasteiger partial charge in [0.25, 0.3) is 0 Å². The Morgan fingerprint density at radius 1 is 1.10 bits per heavy atom. The molecule has 0 atom stereocenters. The fraction of sp³-hybridized carbons (Fsp3) is 0.143. The highest BCUT2D eigenvalue weighted by atomic mass is 19.4. The summed E-state index contributed by atoms with van der Waals surface area (Å²) in [6.45, 7) is 0. The maximum Gasteiger partial charge on any atom is 0.418 e. The van der Waals surface area contributed by atoms with Crippen LogP contribution in [0.1, 0.15) is 11.3 Å². The summed E-state index contributed by atoms with van der Waals surface area (Å²) < 4.78 is 38.3. The van der Waals surface area contributed by atoms with Crippen molar-refractivity contribution in [2.24, 2.45) is 0 Å². The zero-order chi connectivity index (χ0) is 14.6. The molecule has 0 aliphatic heterocycles. The third-order valence-corrected chi connectivity index (χ3v) is 2.57. The van der Waals surface area contributed by atoms with Crippen LogP contribution in [0.15, 0.2) is 48.7 Å². The van der Waals surface area contributed by atoms with E-state index in [1.54, 1.807) is 18.2 Å². The van der Waals surface area contributed by atoms with Gasteiger partial charge in [-0.15, -0.1) is 0 Å². The minimum Gasteiger partial charge on any atom is -0.325 e. The number of carbonyl (C=O) groups excluding carboxylic acids is 1. The number of benzene rings is 1. The van der Waals surface area contributed by atoms with Gasteiger partial charge in [0.1, 0.15) is 0 Å². The number of rotatable bonds is 3. The van der Waals surface area contributed by atoms with Crippen molar-refractivity contribution in [2.75, 3.05) is 5.32 Å². The van der Waals surface area contributed by atoms with Crippen molar-refractivity contribution < 1.29 is 18.0 Å². The van der Waals surface area contributed by atoms with E-state index in [0.29, 0.717) is 5.69 Å². The molecule has 0 unspecified atom stereocenters. The van der Waals surface area contributed by atoms with E-state index >= 15 is 0 Å². The lowest BCUT2D eigenvalue weighted by Crippen LogP contribution is -2.18. The van der Waals surface area contributed by atoms with Crippen LogP contribution in [0, 0.1) is 0 Å². The Kier molecular flexibility index (Phi) is 4.02. The number of nitrogens with one attached hydrogen (secondary N) is 1. The highest BCUT2D eigenvalue weighted by Gasteiger charge is 2.33. The average molecular weight is 280 g/mol. The molecule has 3 nitrogen and oxygen atoms in total. The average Bonchev–Trinajstić information content (AvgIpc) is 2.39. The van der Waals surface area contributed by atoms with Gasteiger partial charge in [-0.25, -0.2) is 0 Å². The Balaban J connectivity index is 2.13. The minimum atomic E-state index is -4.51. The summed E-state index contributed by atoms with van der Waals surface area (Å²) >= 11 is 0. The maximum atomic E-state index is 12.8. The summed E-state index contributed by atoms with van der Waals surface area (Å²) in [5.74, 6) is -0.541. The fourth-order valence-electron chi connectivity index (χ4n) is 1.70. The minimum absolute atomic E-state index is 0.0764. The van der Waals surface area contributed by atoms with Crippen molar-refractivity contribution in [3.8, 4) is 0 Å². The predicted molar refractivity (Wildman–Crippen MR) is 68.0 cm³/mol. The lowest BCUT2D eigenvalue weighted by atomic mass is 10.1. The topological polar surface area (TPSA) is 42.0 Å². The third-order valence-electron chi connectivity index (χ3n) is 2.57. The van der Waals surface area contributed by atoms with E-state index < -0.39 is 17.6 Å². The lowest BCUT2D eigenvalue weighted by Gasteiger charge is -2.13. The van der Waals surface area contributed by atoms with Crippen molar-refractivity contribution in [2.45, 2.75) is 12.6 Å². The molecule has 1 aromatic heterocycles. The van der Waals surface area contributed by atoms with Gasteiger partial charge in [-0.05, 0) is 24.3 Å². The summed E-state index contributed by atoms with van der Waals surface area (Å²) in [7, 11) is 0. The Morgan fingerprint density at radius 3 is 2.45 bits per heavy atom. The molecule has 1 amide bonds. The molecule has 0 spiro atoms. The molecule has 0 bridgehead atoms. The molecule has 6 heteroatoms. The molecule has 0 aliphatic carbocycles. The number of hydrogen-bond donors (Lipinski definition) is 1. The van der Waals surface area contributed by atoms with Crippen LogP contribution in [0.2, 0.25) is 0 Å². The second kappa shape index (κ2) is 5.73. The van der Waals surface area contributed by atoms with E-state index in [4.69, 9.17) is 0 Å². The second-order valence-corrected chi connectivity index (χ2v) is 4.09. The van der Waals surface area contributed by atoms with Gasteiger partial charge < -0.3 is 5.32 Å². The molecule has 1 heterocycles. The molecule has 0 fully saturated rings. The number of alkyl halides is 3. The second-order valence-electron chi connectivity index (χ2n) is 4.09. The Bertz CT molecular complexity index is 597. The van der Waals surface area contributed by atoms with Crippen molar-refractivity contribution >= 4 is 11.6 Å². The van der Waals surface area contributed by atoms with Crippen LogP contribution in [-0.4, -0.2) is 10.9 Å². The quantitative estimate of drug-likeness (QED) is 0.937. The first kappa shape index (κ1) is 14.0. The van der Waals surface area contributed by atoms with Crippen molar-refractivity contribution in [1.82, 2.24) is 4.98 Å². The zero-order valence-corrected chi connectivity index (χ0v) is 10.3. The first-order valence-electron chi connectivity index (χ1n) is 5.83. The number of halogens is 3. The summed E-state index contributed by atoms with van der Waals surface area (Å²) in [5.41, 5.74) is -0.621. The normalized spacial score (nSPS) is 11.2. The third kappa shape index (κ3) is 3.57. The number of carbonyl (C=O) groups is 1. The van der Waals surface area contributed by atoms with E-state index in [1.807, 2.05) is 0 Å². The Labute approximate surface area is 113 Å². The van der Waals surface area contributed by atoms with Crippen molar-refractivity contribution in [3.63, 3.8) is 0 Å². The predicted octanol–water partition coefficient (Wildman–Crippen LogP) is 3.28. The van der Waals surface area contributed by atoms with Crippen LogP contribution in [-0.2, 0) is 17.4 Å². The van der Waals surface area contributed by atoms with Crippen molar-refractivity contribution in [3.05, 3.63) is 59.9 Å². The molecule has 2 rings (SSSR count). The number of nitrogens with zero attached hydrogens (tertiary/aromatic N) is 1. The molecule has 2 aromatic rings. The SMILES string of the molecule is O=C(Cc1ccccn1)Nc1ccccc1C(F)(F)F. The van der Waals surface area contributed by atoms with Gasteiger partial charge in [0, 0.05) is 11.9 Å². The van der Waals surface area contributed by atoms with Gasteiger partial charge in [0.15, 0.2) is 0 Å². The summed E-state index contributed by atoms with van der Waals surface area (Å²) in [4.78, 5) is 15.7. The molecule has 104 valence electrons. The van der Waals surface area contributed by atoms with Crippen LogP contribution < -0.4 is 5.32 Å². The van der Waals surface area contributed by atoms with Crippen molar-refractivity contribution in [1.29, 1.82) is 0 Å². The largest absolute Gasteiger partial charge is 0.418 e. The molecule has 0 saturated carbocycles. The van der Waals surface area contributed by atoms with Gasteiger partial charge >= 0.3 is 6.18 Å². The van der Waals surface area contributed by atoms with Gasteiger partial charge in [-0.3, -0.25) is 9.78 Å². The smallest absolute Gasteiger partial charge is 0.325 e. The van der Waals surface area contributed by atoms with Gasteiger partial charge in [-0.1, -0.05) is 18.2 Å². The number of aromatic nitrogens is 1. The molecule has 0 radical (unpaired) electrons. The lowest BCUT2D eigenvalue weighted by molar-refractivity contribution is -0.137. The van der Waals surface area contributed by atoms with E-state index in [2.05, 4.69) is 10.3 Å². The zero-order valence-electron chi connectivity index (χ0n) is 10.3. The summed E-state index contributed by atoms with van der Waals surface area (Å²) in [6.07, 6.45) is -3.06. The van der Waals surface area contributed by atoms with Crippen LogP contribution >= 0.6 is 0 Å². The molecule has 0 aliphatic rings. The summed E-state index contributed by atoms with van der Waals surface area (Å²) in [6, 6.07) is 9.90. The number of para-hydroxylation sites is 1. The van der Waals surface area contributed by atoms with Gasteiger partial charge in [0.05, 0.1) is 17.7 Å². The first-order valence-corrected chi connectivity index (χ1v) is 5.83. The monoisotopic (exact) mass is 280 g/mol. The van der Waals surface area contributed by atoms with E-state index in [1.165, 1.54) is 24.4 Å². The molecule has 0 saturated heterocycles. The highest BCUT2D eigenvalue weighted by molar-refractivity contribution is 5.92. The van der Waals surface area contributed by atoms with E-state index in [0.717, 1.165) is 6.07 Å². The number of anilines is 1. The fourth-order valence-corrected chi connectivity index (χ4v) is 1.70. The molecular weight excluding hydrogens is 269 g/mol. The number of pyridine rings is 1. The molecule has 1 N–H and O–H groups in total. The van der Waals surface area contributed by atoms with E-state index in [9.17, 15) is 18.0 Å². The van der Waals surface area contributed by atoms with Gasteiger partial charge in [0.2, 0.25) is 5.91 Å². The Morgan fingerprint density at radius 2 is 1.80 bits per heavy atom. The van der Waals surface area contributed by atoms with Crippen LogP contribution in [0.5, 0.6) is 0 Å². The Hall–Kier alpha value is -2.37. The van der Waals surface area contributed by atoms with Crippen LogP contribution in [0.4, 0.5) is 18.9 Å². The molecule has 1 aromatic carbocycles. The maximum absolute atomic E-state index is 12.8. The van der Waals surface area contributed by atoms with Crippen LogP contribution in [0.3, 0.4) is 0 Å². The summed E-state index contributed by atoms with van der Waals surface area (Å²) in [5, 5.41) is 2.27. The molecular formula is C14H11F3N2O.